The van der Waals surface area contributed by atoms with Crippen molar-refractivity contribution in [2.75, 3.05) is 10.8 Å². The van der Waals surface area contributed by atoms with Crippen LogP contribution in [0.5, 0.6) is 0 Å². The van der Waals surface area contributed by atoms with Crippen LogP contribution >= 0.6 is 11.3 Å². The number of hydrogen-bond acceptors (Lipinski definition) is 10. The smallest absolute Gasteiger partial charge is 0.273 e. The molecule has 3 N–H and O–H groups in total. The quantitative estimate of drug-likeness (QED) is 0.236. The minimum absolute atomic E-state index is 0.0440. The lowest BCUT2D eigenvalue weighted by atomic mass is 10.1. The molecule has 0 aliphatic carbocycles. The number of anilines is 1. The minimum atomic E-state index is -3.94. The van der Waals surface area contributed by atoms with Crippen LogP contribution in [0.1, 0.15) is 43.7 Å². The Balaban J connectivity index is 1.23. The van der Waals surface area contributed by atoms with Crippen LogP contribution in [0.3, 0.4) is 0 Å². The summed E-state index contributed by atoms with van der Waals surface area (Å²) in [6.45, 7) is 1.68. The number of nitrogens with zero attached hydrogens (tertiary/aromatic N) is 6. The maximum Gasteiger partial charge on any atom is 0.273 e. The Morgan fingerprint density at radius 3 is 2.63 bits per heavy atom. The van der Waals surface area contributed by atoms with E-state index in [2.05, 4.69) is 41.2 Å². The third kappa shape index (κ3) is 5.56. The fraction of sp³-hybridized carbons (Fsp3) is 0.148. The van der Waals surface area contributed by atoms with Crippen molar-refractivity contribution in [3.63, 3.8) is 0 Å². The highest BCUT2D eigenvalue weighted by Gasteiger charge is 2.38. The van der Waals surface area contributed by atoms with Crippen LogP contribution in [-0.2, 0) is 16.6 Å². The molecule has 1 aliphatic rings. The predicted octanol–water partition coefficient (Wildman–Crippen LogP) is 2.78. The molecular formula is C27H22FN9O4S2. The lowest BCUT2D eigenvalue weighted by Gasteiger charge is -2.19. The summed E-state index contributed by atoms with van der Waals surface area (Å²) in [5.41, 5.74) is 2.48. The monoisotopic (exact) mass is 619 g/mol. The van der Waals surface area contributed by atoms with E-state index in [-0.39, 0.29) is 40.3 Å². The first-order chi connectivity index (χ1) is 20.7. The third-order valence-electron chi connectivity index (χ3n) is 6.78. The highest BCUT2D eigenvalue weighted by Crippen LogP contribution is 2.41. The number of tetrazole rings is 1. The maximum absolute atomic E-state index is 13.6. The first-order valence-electron chi connectivity index (χ1n) is 12.8. The van der Waals surface area contributed by atoms with Gasteiger partial charge in [0.2, 0.25) is 5.82 Å². The van der Waals surface area contributed by atoms with Gasteiger partial charge in [-0.05, 0) is 46.8 Å². The summed E-state index contributed by atoms with van der Waals surface area (Å²) in [4.78, 5) is 34.0. The predicted molar refractivity (Wildman–Crippen MR) is 153 cm³/mol. The Bertz CT molecular complexity index is 1930. The van der Waals surface area contributed by atoms with Crippen molar-refractivity contribution in [1.29, 1.82) is 0 Å². The first-order valence-corrected chi connectivity index (χ1v) is 15.1. The number of H-pyrrole nitrogens is 1. The molecule has 2 amide bonds. The highest BCUT2D eigenvalue weighted by atomic mass is 32.2. The van der Waals surface area contributed by atoms with Gasteiger partial charge in [-0.25, -0.2) is 22.8 Å². The average molecular weight is 620 g/mol. The molecule has 5 aromatic rings. The summed E-state index contributed by atoms with van der Waals surface area (Å²) >= 11 is 1.09. The standard InChI is InChI=1S/C27H22FN9O4S2/c1-15-9-16(4-7-19(15)28)12-29-26(38)20-11-21(31-14-30-20)27(39)32-22-13-37(43(40,41)24-3-2-8-42-24)23-10-17(5-6-18(22)23)25-33-35-36-34-25/h2-11,14,22H,12-13H2,1H3,(H,29,38)(H,32,39)(H,33,34,35,36)/t22-/m0/s1. The molecule has 2 aromatic carbocycles. The molecule has 1 atom stereocenters. The Labute approximate surface area is 248 Å². The van der Waals surface area contributed by atoms with Gasteiger partial charge in [0.05, 0.1) is 18.3 Å². The van der Waals surface area contributed by atoms with Crippen LogP contribution in [0.15, 0.2) is 70.5 Å². The SMILES string of the molecule is Cc1cc(CNC(=O)c2cc(C(=O)N[C@H]3CN(S(=O)(=O)c4cccs4)c4cc(-c5nn[nH]n5)ccc43)ncn2)ccc1F. The highest BCUT2D eigenvalue weighted by molar-refractivity contribution is 7.94. The van der Waals surface area contributed by atoms with E-state index < -0.39 is 27.9 Å². The number of thiophene rings is 1. The van der Waals surface area contributed by atoms with E-state index in [1.807, 2.05) is 0 Å². The second-order valence-electron chi connectivity index (χ2n) is 9.56. The van der Waals surface area contributed by atoms with Crippen LogP contribution in [0.2, 0.25) is 0 Å². The molecule has 218 valence electrons. The molecule has 0 saturated carbocycles. The summed E-state index contributed by atoms with van der Waals surface area (Å²) in [6.07, 6.45) is 1.10. The van der Waals surface area contributed by atoms with E-state index >= 15 is 0 Å². The molecule has 3 aromatic heterocycles. The third-order valence-corrected chi connectivity index (χ3v) is 9.93. The molecule has 6 rings (SSSR count). The van der Waals surface area contributed by atoms with E-state index in [1.54, 1.807) is 48.7 Å². The van der Waals surface area contributed by atoms with Gasteiger partial charge in [0.1, 0.15) is 27.7 Å². The van der Waals surface area contributed by atoms with Crippen molar-refractivity contribution >= 4 is 38.9 Å². The zero-order chi connectivity index (χ0) is 30.1. The number of aromatic nitrogens is 6. The van der Waals surface area contributed by atoms with Crippen molar-refractivity contribution in [2.24, 2.45) is 0 Å². The van der Waals surface area contributed by atoms with Gasteiger partial charge in [-0.15, -0.1) is 21.5 Å². The molecular weight excluding hydrogens is 597 g/mol. The van der Waals surface area contributed by atoms with Gasteiger partial charge < -0.3 is 10.6 Å². The van der Waals surface area contributed by atoms with E-state index in [0.717, 1.165) is 17.7 Å². The van der Waals surface area contributed by atoms with E-state index in [4.69, 9.17) is 0 Å². The number of nitrogens with one attached hydrogen (secondary N) is 3. The van der Waals surface area contributed by atoms with Gasteiger partial charge in [-0.3, -0.25) is 13.9 Å². The Hall–Kier alpha value is -5.09. The normalized spacial score (nSPS) is 14.4. The number of halogens is 1. The molecule has 43 heavy (non-hydrogen) atoms. The van der Waals surface area contributed by atoms with Crippen LogP contribution < -0.4 is 14.9 Å². The molecule has 16 heteroatoms. The summed E-state index contributed by atoms with van der Waals surface area (Å²) in [7, 11) is -3.94. The number of amides is 2. The van der Waals surface area contributed by atoms with E-state index in [0.29, 0.717) is 27.9 Å². The first kappa shape index (κ1) is 28.0. The van der Waals surface area contributed by atoms with Crippen molar-refractivity contribution in [3.8, 4) is 11.4 Å². The van der Waals surface area contributed by atoms with Crippen molar-refractivity contribution in [3.05, 3.63) is 100 Å². The molecule has 0 unspecified atom stereocenters. The van der Waals surface area contributed by atoms with E-state index in [1.165, 1.54) is 22.5 Å². The Morgan fingerprint density at radius 2 is 1.91 bits per heavy atom. The number of hydrogen-bond donors (Lipinski definition) is 3. The fourth-order valence-corrected chi connectivity index (χ4v) is 7.24. The van der Waals surface area contributed by atoms with Gasteiger partial charge >= 0.3 is 0 Å². The largest absolute Gasteiger partial charge is 0.347 e. The lowest BCUT2D eigenvalue weighted by Crippen LogP contribution is -2.35. The van der Waals surface area contributed by atoms with Crippen molar-refractivity contribution in [1.82, 2.24) is 41.2 Å². The molecule has 0 saturated heterocycles. The average Bonchev–Trinajstić information content (AvgIpc) is 3.80. The zero-order valence-corrected chi connectivity index (χ0v) is 24.0. The molecule has 13 nitrogen and oxygen atoms in total. The summed E-state index contributed by atoms with van der Waals surface area (Å²) < 4.78 is 42.1. The van der Waals surface area contributed by atoms with Gasteiger partial charge in [0.25, 0.3) is 21.8 Å². The fourth-order valence-electron chi connectivity index (χ4n) is 4.64. The number of benzene rings is 2. The molecule has 4 heterocycles. The number of aryl methyl sites for hydroxylation is 1. The van der Waals surface area contributed by atoms with Gasteiger partial charge in [-0.1, -0.05) is 30.3 Å². The molecule has 1 aliphatic heterocycles. The van der Waals surface area contributed by atoms with Crippen LogP contribution in [0, 0.1) is 12.7 Å². The molecule has 0 radical (unpaired) electrons. The summed E-state index contributed by atoms with van der Waals surface area (Å²) in [5, 5.41) is 21.1. The van der Waals surface area contributed by atoms with E-state index in [9.17, 15) is 22.4 Å². The summed E-state index contributed by atoms with van der Waals surface area (Å²) in [5.74, 6) is -1.23. The zero-order valence-electron chi connectivity index (χ0n) is 22.4. The van der Waals surface area contributed by atoms with Gasteiger partial charge in [0.15, 0.2) is 0 Å². The minimum Gasteiger partial charge on any atom is -0.347 e. The molecule has 0 fully saturated rings. The second-order valence-corrected chi connectivity index (χ2v) is 12.6. The molecule has 0 bridgehead atoms. The van der Waals surface area contributed by atoms with Crippen LogP contribution in [0.25, 0.3) is 11.4 Å². The number of fused-ring (bicyclic) bond motifs is 1. The van der Waals surface area contributed by atoms with Gasteiger partial charge in [-0.2, -0.15) is 5.21 Å². The lowest BCUT2D eigenvalue weighted by molar-refractivity contribution is 0.0934. The van der Waals surface area contributed by atoms with Gasteiger partial charge in [0, 0.05) is 23.7 Å². The van der Waals surface area contributed by atoms with Crippen LogP contribution in [0.4, 0.5) is 10.1 Å². The Kier molecular flexibility index (Phi) is 7.37. The van der Waals surface area contributed by atoms with Crippen molar-refractivity contribution < 1.29 is 22.4 Å². The number of rotatable bonds is 8. The summed E-state index contributed by atoms with van der Waals surface area (Å²) in [6, 6.07) is 13.2. The number of carbonyl (C=O) groups is 2. The van der Waals surface area contributed by atoms with Crippen LogP contribution in [-0.4, -0.2) is 57.4 Å². The molecule has 0 spiro atoms. The number of aromatic amines is 1. The Morgan fingerprint density at radius 1 is 1.09 bits per heavy atom. The topological polar surface area (TPSA) is 176 Å². The van der Waals surface area contributed by atoms with Crippen molar-refractivity contribution in [2.45, 2.75) is 23.7 Å². The maximum atomic E-state index is 13.6. The second kappa shape index (κ2) is 11.3. The number of carbonyl (C=O) groups excluding carboxylic acids is 2. The number of sulfonamides is 1.